The van der Waals surface area contributed by atoms with Gasteiger partial charge in [0, 0.05) is 6.04 Å². The van der Waals surface area contributed by atoms with Gasteiger partial charge in [-0.25, -0.2) is 0 Å². The van der Waals surface area contributed by atoms with E-state index in [1.54, 1.807) is 11.1 Å². The molecule has 1 N–H and O–H groups in total. The number of hydrogen-bond donors (Lipinski definition) is 1. The second-order valence-corrected chi connectivity index (χ2v) is 6.56. The Labute approximate surface area is 102 Å². The second-order valence-electron chi connectivity index (χ2n) is 5.17. The summed E-state index contributed by atoms with van der Waals surface area (Å²) in [6.07, 6.45) is 3.80. The summed E-state index contributed by atoms with van der Waals surface area (Å²) in [6.45, 7) is 4.51. The molecule has 1 aliphatic carbocycles. The van der Waals surface area contributed by atoms with E-state index < -0.39 is 0 Å². The molecule has 1 aliphatic heterocycles. The van der Waals surface area contributed by atoms with Crippen molar-refractivity contribution in [1.82, 2.24) is 5.32 Å². The number of rotatable bonds is 0. The van der Waals surface area contributed by atoms with Crippen LogP contribution >= 0.6 is 11.8 Å². The lowest BCUT2D eigenvalue weighted by Gasteiger charge is -2.39. The molecule has 86 valence electrons. The molecule has 2 unspecified atom stereocenters. The van der Waals surface area contributed by atoms with Gasteiger partial charge in [0.05, 0.1) is 4.87 Å². The predicted octanol–water partition coefficient (Wildman–Crippen LogP) is 3.21. The number of nitrogens with one attached hydrogen (secondary N) is 1. The lowest BCUT2D eigenvalue weighted by molar-refractivity contribution is 0.393. The fraction of sp³-hybridized carbons (Fsp3) is 0.571. The van der Waals surface area contributed by atoms with Crippen molar-refractivity contribution in [3.63, 3.8) is 0 Å². The van der Waals surface area contributed by atoms with Crippen molar-refractivity contribution in [2.75, 3.05) is 5.75 Å². The van der Waals surface area contributed by atoms with E-state index in [4.69, 9.17) is 0 Å². The Morgan fingerprint density at radius 3 is 3.12 bits per heavy atom. The summed E-state index contributed by atoms with van der Waals surface area (Å²) >= 11 is 2.12. The number of aryl methyl sites for hydroxylation is 2. The van der Waals surface area contributed by atoms with Gasteiger partial charge in [0.2, 0.25) is 0 Å². The summed E-state index contributed by atoms with van der Waals surface area (Å²) in [5.41, 5.74) is 4.50. The van der Waals surface area contributed by atoms with Crippen LogP contribution in [-0.4, -0.2) is 11.8 Å². The fourth-order valence-corrected chi connectivity index (χ4v) is 4.65. The minimum atomic E-state index is 0.235. The Balaban J connectivity index is 2.03. The van der Waals surface area contributed by atoms with Gasteiger partial charge < -0.3 is 0 Å². The molecule has 0 saturated carbocycles. The molecule has 0 radical (unpaired) electrons. The van der Waals surface area contributed by atoms with Crippen molar-refractivity contribution >= 4 is 11.8 Å². The molecule has 1 nitrogen and oxygen atoms in total. The van der Waals surface area contributed by atoms with Crippen LogP contribution in [0.25, 0.3) is 0 Å². The van der Waals surface area contributed by atoms with Crippen LogP contribution in [-0.2, 0) is 11.3 Å². The highest BCUT2D eigenvalue weighted by Crippen LogP contribution is 2.48. The number of benzene rings is 1. The molecule has 1 fully saturated rings. The third-order valence-electron chi connectivity index (χ3n) is 3.83. The van der Waals surface area contributed by atoms with Crippen LogP contribution in [0, 0.1) is 6.92 Å². The van der Waals surface area contributed by atoms with Gasteiger partial charge in [-0.15, -0.1) is 11.8 Å². The average Bonchev–Trinajstić information content (AvgIpc) is 2.58. The van der Waals surface area contributed by atoms with Crippen molar-refractivity contribution in [1.29, 1.82) is 0 Å². The van der Waals surface area contributed by atoms with E-state index in [0.717, 1.165) is 0 Å². The fourth-order valence-electron chi connectivity index (χ4n) is 2.95. The Morgan fingerprint density at radius 1 is 1.44 bits per heavy atom. The SMILES string of the molecule is Cc1ccc2c(c1)C1(CC2)NC(C)CCS1. The smallest absolute Gasteiger partial charge is 0.0909 e. The highest BCUT2D eigenvalue weighted by Gasteiger charge is 2.41. The van der Waals surface area contributed by atoms with Crippen LogP contribution in [0.3, 0.4) is 0 Å². The first-order valence-electron chi connectivity index (χ1n) is 6.21. The second kappa shape index (κ2) is 3.78. The topological polar surface area (TPSA) is 12.0 Å². The van der Waals surface area contributed by atoms with E-state index in [-0.39, 0.29) is 4.87 Å². The van der Waals surface area contributed by atoms with Crippen LogP contribution in [0.5, 0.6) is 0 Å². The molecular formula is C14H19NS. The standard InChI is InChI=1S/C14H19NS/c1-10-3-4-12-5-7-14(13(12)9-10)15-11(2)6-8-16-14/h3-4,9,11,15H,5-8H2,1-2H3. The maximum Gasteiger partial charge on any atom is 0.0909 e. The first-order chi connectivity index (χ1) is 7.70. The zero-order chi connectivity index (χ0) is 11.2. The van der Waals surface area contributed by atoms with Crippen LogP contribution in [0.4, 0.5) is 0 Å². The maximum atomic E-state index is 3.84. The van der Waals surface area contributed by atoms with Crippen molar-refractivity contribution in [3.05, 3.63) is 34.9 Å². The van der Waals surface area contributed by atoms with Crippen LogP contribution in [0.2, 0.25) is 0 Å². The van der Waals surface area contributed by atoms with Gasteiger partial charge in [-0.1, -0.05) is 23.8 Å². The molecule has 1 saturated heterocycles. The zero-order valence-electron chi connectivity index (χ0n) is 10.0. The maximum absolute atomic E-state index is 3.84. The first kappa shape index (κ1) is 10.7. The van der Waals surface area contributed by atoms with Gasteiger partial charge in [-0.2, -0.15) is 0 Å². The van der Waals surface area contributed by atoms with Crippen LogP contribution < -0.4 is 5.32 Å². The summed E-state index contributed by atoms with van der Waals surface area (Å²) in [6, 6.07) is 7.61. The molecule has 1 aromatic rings. The lowest BCUT2D eigenvalue weighted by Crippen LogP contribution is -2.46. The Morgan fingerprint density at radius 2 is 2.31 bits per heavy atom. The van der Waals surface area contributed by atoms with E-state index in [1.165, 1.54) is 30.6 Å². The highest BCUT2D eigenvalue weighted by molar-refractivity contribution is 8.00. The third kappa shape index (κ3) is 1.59. The number of thioether (sulfide) groups is 1. The van der Waals surface area contributed by atoms with Crippen molar-refractivity contribution in [2.45, 2.75) is 44.0 Å². The minimum absolute atomic E-state index is 0.235. The monoisotopic (exact) mass is 233 g/mol. The quantitative estimate of drug-likeness (QED) is 0.738. The van der Waals surface area contributed by atoms with Crippen molar-refractivity contribution < 1.29 is 0 Å². The summed E-state index contributed by atoms with van der Waals surface area (Å²) < 4.78 is 0. The van der Waals surface area contributed by atoms with Gasteiger partial charge in [-0.3, -0.25) is 5.32 Å². The molecule has 0 bridgehead atoms. The van der Waals surface area contributed by atoms with E-state index in [1.807, 2.05) is 0 Å². The Kier molecular flexibility index (Phi) is 2.52. The van der Waals surface area contributed by atoms with Crippen LogP contribution in [0.1, 0.15) is 36.5 Å². The van der Waals surface area contributed by atoms with Gasteiger partial charge >= 0.3 is 0 Å². The molecule has 3 rings (SSSR count). The zero-order valence-corrected chi connectivity index (χ0v) is 10.9. The molecule has 2 atom stereocenters. The number of hydrogen-bond acceptors (Lipinski definition) is 2. The van der Waals surface area contributed by atoms with E-state index in [0.29, 0.717) is 6.04 Å². The van der Waals surface area contributed by atoms with Gasteiger partial charge in [0.25, 0.3) is 0 Å². The highest BCUT2D eigenvalue weighted by atomic mass is 32.2. The summed E-state index contributed by atoms with van der Waals surface area (Å²) in [4.78, 5) is 0.235. The van der Waals surface area contributed by atoms with Crippen molar-refractivity contribution in [3.8, 4) is 0 Å². The summed E-state index contributed by atoms with van der Waals surface area (Å²) in [5, 5.41) is 3.84. The van der Waals surface area contributed by atoms with Crippen LogP contribution in [0.15, 0.2) is 18.2 Å². The molecule has 1 aromatic carbocycles. The third-order valence-corrected chi connectivity index (χ3v) is 5.30. The molecule has 1 heterocycles. The van der Waals surface area contributed by atoms with E-state index >= 15 is 0 Å². The summed E-state index contributed by atoms with van der Waals surface area (Å²) in [7, 11) is 0. The molecular weight excluding hydrogens is 214 g/mol. The molecule has 0 aromatic heterocycles. The van der Waals surface area contributed by atoms with Gasteiger partial charge in [0.1, 0.15) is 0 Å². The molecule has 2 aliphatic rings. The summed E-state index contributed by atoms with van der Waals surface area (Å²) in [5.74, 6) is 1.29. The average molecular weight is 233 g/mol. The molecule has 16 heavy (non-hydrogen) atoms. The predicted molar refractivity (Wildman–Crippen MR) is 70.9 cm³/mol. The van der Waals surface area contributed by atoms with E-state index in [2.05, 4.69) is 49.1 Å². The molecule has 1 spiro atoms. The Bertz CT molecular complexity index is 411. The molecule has 2 heteroatoms. The van der Waals surface area contributed by atoms with E-state index in [9.17, 15) is 0 Å². The minimum Gasteiger partial charge on any atom is -0.297 e. The first-order valence-corrected chi connectivity index (χ1v) is 7.20. The van der Waals surface area contributed by atoms with Gasteiger partial charge in [0.15, 0.2) is 0 Å². The normalized spacial score (nSPS) is 33.0. The van der Waals surface area contributed by atoms with Crippen molar-refractivity contribution in [2.24, 2.45) is 0 Å². The van der Waals surface area contributed by atoms with Gasteiger partial charge in [-0.05, 0) is 50.0 Å². The Hall–Kier alpha value is -0.470. The lowest BCUT2D eigenvalue weighted by atomic mass is 10.0. The largest absolute Gasteiger partial charge is 0.297 e. The number of fused-ring (bicyclic) bond motifs is 2. The molecule has 0 amide bonds.